The van der Waals surface area contributed by atoms with Crippen LogP contribution < -0.4 is 46.6 Å². The molecule has 0 spiro atoms. The van der Waals surface area contributed by atoms with Gasteiger partial charge in [-0.15, -0.1) is 0 Å². The standard InChI is InChI=1S/C20H23N3O3.C11H18BNO4.C9H7BrN2O.C8H5BrN2O.C8H6N2O/c1-22(2)11-17-18(25-4)8-13(9-19(17)26-5)16-12-23(3)20(24)14-6-7-21-10-15(14)16;1-13(2)7-9-10(16-3)5-8(12(14)15)6-11(9)17-4;1-12-5-8(10)7-4-11-3-2-6(7)9(12)13;9-7-4-11-8(12)5-1-2-10-3-6(5)7;11-8-7-2-3-9-5-6(7)1-4-10-8/h6-10,12H,11H2,1-5H3;5-6,14-15H,7H2,1-4H3;2-5H,1H3;1-4H,(H,11,12);1-5H,(H,10,11). The third kappa shape index (κ3) is 15.0. The Labute approximate surface area is 471 Å². The Balaban J connectivity index is 0.000000166. The van der Waals surface area contributed by atoms with Gasteiger partial charge in [0.15, 0.2) is 0 Å². The Morgan fingerprint density at radius 3 is 1.46 bits per heavy atom. The van der Waals surface area contributed by atoms with E-state index >= 15 is 0 Å². The zero-order chi connectivity index (χ0) is 57.5. The van der Waals surface area contributed by atoms with Crippen molar-refractivity contribution in [1.82, 2.24) is 48.8 Å². The number of H-pyrrole nitrogens is 2. The lowest BCUT2D eigenvalue weighted by atomic mass is 9.79. The van der Waals surface area contributed by atoms with Crippen molar-refractivity contribution in [2.75, 3.05) is 56.6 Å². The van der Waals surface area contributed by atoms with Crippen LogP contribution in [-0.2, 0) is 27.2 Å². The van der Waals surface area contributed by atoms with Gasteiger partial charge in [-0.05, 0) is 126 Å². The van der Waals surface area contributed by atoms with Gasteiger partial charge in [0.05, 0.1) is 61.1 Å². The van der Waals surface area contributed by atoms with Crippen molar-refractivity contribution in [2.45, 2.75) is 13.1 Å². The molecule has 10 aromatic rings. The molecule has 0 unspecified atom stereocenters. The van der Waals surface area contributed by atoms with Gasteiger partial charge >= 0.3 is 7.12 Å². The molecule has 23 heteroatoms. The summed E-state index contributed by atoms with van der Waals surface area (Å²) < 4.78 is 26.6. The highest BCUT2D eigenvalue weighted by atomic mass is 79.9. The van der Waals surface area contributed by atoms with E-state index in [1.54, 1.807) is 156 Å². The molecule has 0 aliphatic carbocycles. The molecule has 0 saturated carbocycles. The van der Waals surface area contributed by atoms with E-state index in [0.717, 1.165) is 64.2 Å². The minimum Gasteiger partial charge on any atom is -0.496 e. The van der Waals surface area contributed by atoms with Crippen molar-refractivity contribution in [3.05, 3.63) is 190 Å². The lowest BCUT2D eigenvalue weighted by Gasteiger charge is -2.19. The first-order valence-electron chi connectivity index (χ1n) is 24.0. The van der Waals surface area contributed by atoms with E-state index in [0.29, 0.717) is 51.6 Å². The predicted molar refractivity (Wildman–Crippen MR) is 317 cm³/mol. The molecule has 0 radical (unpaired) electrons. The number of pyridine rings is 8. The van der Waals surface area contributed by atoms with Crippen LogP contribution in [0.1, 0.15) is 11.1 Å². The van der Waals surface area contributed by atoms with Gasteiger partial charge in [0.1, 0.15) is 23.0 Å². The number of methoxy groups -OCH3 is 4. The highest BCUT2D eigenvalue weighted by Gasteiger charge is 2.20. The highest BCUT2D eigenvalue weighted by Crippen LogP contribution is 2.37. The summed E-state index contributed by atoms with van der Waals surface area (Å²) in [6.07, 6.45) is 20.0. The Kier molecular flexibility index (Phi) is 21.3. The van der Waals surface area contributed by atoms with Crippen molar-refractivity contribution in [2.24, 2.45) is 14.1 Å². The summed E-state index contributed by atoms with van der Waals surface area (Å²) in [5, 5.41) is 24.4. The molecule has 8 heterocycles. The average molecular weight is 1200 g/mol. The topological polar surface area (TPSA) is 245 Å². The SMILES string of the molecule is COc1cc(-c2cn(C)c(=O)c3ccncc23)cc(OC)c1CN(C)C.COc1cc(B(O)O)cc(OC)c1CN(C)C.Cn1cc(Br)c2cnccc2c1=O.O=c1[nH]cc(Br)c2cnccc12.O=c1[nH]ccc2cnccc12. The van der Waals surface area contributed by atoms with Crippen molar-refractivity contribution in [1.29, 1.82) is 0 Å². The summed E-state index contributed by atoms with van der Waals surface area (Å²) in [6, 6.07) is 15.9. The van der Waals surface area contributed by atoms with Crippen LogP contribution >= 0.6 is 31.9 Å². The molecule has 0 bridgehead atoms. The maximum atomic E-state index is 12.4. The number of nitrogens with zero attached hydrogens (tertiary/aromatic N) is 8. The molecular weight excluding hydrogens is 1140 g/mol. The number of nitrogens with one attached hydrogen (secondary N) is 2. The van der Waals surface area contributed by atoms with Crippen molar-refractivity contribution in [3.8, 4) is 34.1 Å². The first-order chi connectivity index (χ1) is 37.8. The number of ether oxygens (including phenoxy) is 4. The van der Waals surface area contributed by atoms with Gasteiger partial charge in [-0.2, -0.15) is 0 Å². The van der Waals surface area contributed by atoms with E-state index in [9.17, 15) is 29.2 Å². The second-order valence-corrected chi connectivity index (χ2v) is 19.7. The lowest BCUT2D eigenvalue weighted by Crippen LogP contribution is -2.30. The summed E-state index contributed by atoms with van der Waals surface area (Å²) in [5.41, 5.74) is 3.83. The zero-order valence-electron chi connectivity index (χ0n) is 45.1. The second kappa shape index (κ2) is 28.0. The quantitative estimate of drug-likeness (QED) is 0.108. The summed E-state index contributed by atoms with van der Waals surface area (Å²) in [7, 11) is 16.2. The van der Waals surface area contributed by atoms with Gasteiger partial charge < -0.3 is 57.9 Å². The smallest absolute Gasteiger partial charge is 0.488 e. The molecule has 0 fully saturated rings. The lowest BCUT2D eigenvalue weighted by molar-refractivity contribution is 0.348. The fourth-order valence-electron chi connectivity index (χ4n) is 8.13. The molecule has 0 saturated heterocycles. The molecule has 410 valence electrons. The number of aryl methyl sites for hydroxylation is 2. The van der Waals surface area contributed by atoms with Crippen LogP contribution in [-0.4, -0.2) is 123 Å². The van der Waals surface area contributed by atoms with Crippen LogP contribution in [0.4, 0.5) is 0 Å². The third-order valence-corrected chi connectivity index (χ3v) is 13.2. The van der Waals surface area contributed by atoms with Gasteiger partial charge in [-0.3, -0.25) is 39.1 Å². The summed E-state index contributed by atoms with van der Waals surface area (Å²) in [5.74, 6) is 2.67. The van der Waals surface area contributed by atoms with Gasteiger partial charge in [0, 0.05) is 138 Å². The molecule has 4 N–H and O–H groups in total. The zero-order valence-corrected chi connectivity index (χ0v) is 48.3. The fourth-order valence-corrected chi connectivity index (χ4v) is 9.19. The normalized spacial score (nSPS) is 10.7. The second-order valence-electron chi connectivity index (χ2n) is 18.0. The van der Waals surface area contributed by atoms with Crippen LogP contribution in [0.15, 0.2) is 157 Å². The Morgan fingerprint density at radius 1 is 0.544 bits per heavy atom. The van der Waals surface area contributed by atoms with Crippen molar-refractivity contribution in [3.63, 3.8) is 0 Å². The number of hydrogen-bond acceptors (Lipinski definition) is 16. The Hall–Kier alpha value is -8.06. The minimum atomic E-state index is -1.54. The molecule has 8 aromatic heterocycles. The van der Waals surface area contributed by atoms with E-state index in [4.69, 9.17) is 18.9 Å². The van der Waals surface area contributed by atoms with E-state index < -0.39 is 7.12 Å². The van der Waals surface area contributed by atoms with Crippen LogP contribution in [0.2, 0.25) is 0 Å². The maximum absolute atomic E-state index is 12.4. The summed E-state index contributed by atoms with van der Waals surface area (Å²) in [6.45, 7) is 1.34. The van der Waals surface area contributed by atoms with Crippen LogP contribution in [0.3, 0.4) is 0 Å². The largest absolute Gasteiger partial charge is 0.496 e. The molecular formula is C56H59BBr2N10O10. The molecule has 0 amide bonds. The molecule has 0 atom stereocenters. The number of aromatic amines is 2. The van der Waals surface area contributed by atoms with Crippen LogP contribution in [0, 0.1) is 0 Å². The van der Waals surface area contributed by atoms with Crippen molar-refractivity contribution < 1.29 is 29.0 Å². The van der Waals surface area contributed by atoms with E-state index in [-0.39, 0.29) is 22.2 Å². The number of halogens is 2. The molecule has 2 aromatic carbocycles. The minimum absolute atomic E-state index is 0.000556. The predicted octanol–water partition coefficient (Wildman–Crippen LogP) is 6.43. The molecule has 79 heavy (non-hydrogen) atoms. The number of aromatic nitrogens is 8. The van der Waals surface area contributed by atoms with Gasteiger partial charge in [-0.1, -0.05) is 0 Å². The van der Waals surface area contributed by atoms with Crippen LogP contribution in [0.5, 0.6) is 23.0 Å². The highest BCUT2D eigenvalue weighted by molar-refractivity contribution is 9.11. The maximum Gasteiger partial charge on any atom is 0.488 e. The van der Waals surface area contributed by atoms with E-state index in [2.05, 4.69) is 66.7 Å². The van der Waals surface area contributed by atoms with E-state index in [1.165, 1.54) is 0 Å². The average Bonchev–Trinajstić information content (AvgIpc) is 3.45. The first-order valence-corrected chi connectivity index (χ1v) is 25.6. The third-order valence-electron chi connectivity index (χ3n) is 11.9. The van der Waals surface area contributed by atoms with Gasteiger partial charge in [-0.25, -0.2) is 0 Å². The Morgan fingerprint density at radius 2 is 0.975 bits per heavy atom. The number of hydrogen-bond donors (Lipinski definition) is 4. The molecule has 20 nitrogen and oxygen atoms in total. The number of benzene rings is 2. The summed E-state index contributed by atoms with van der Waals surface area (Å²) in [4.78, 5) is 71.6. The van der Waals surface area contributed by atoms with E-state index in [1.807, 2.05) is 57.5 Å². The number of rotatable bonds is 10. The first kappa shape index (κ1) is 60.2. The molecule has 0 aliphatic rings. The monoisotopic (exact) mass is 1200 g/mol. The number of fused-ring (bicyclic) bond motifs is 4. The summed E-state index contributed by atoms with van der Waals surface area (Å²) >= 11 is 6.70. The van der Waals surface area contributed by atoms with Crippen LogP contribution in [0.25, 0.3) is 54.2 Å². The molecule has 0 aliphatic heterocycles. The van der Waals surface area contributed by atoms with Gasteiger partial charge in [0.2, 0.25) is 0 Å². The Bertz CT molecular complexity index is 3930. The fraction of sp³-hybridized carbons (Fsp3) is 0.214. The molecule has 10 rings (SSSR count). The van der Waals surface area contributed by atoms with Crippen molar-refractivity contribution >= 4 is 87.5 Å². The van der Waals surface area contributed by atoms with Gasteiger partial charge in [0.25, 0.3) is 22.2 Å².